The molecule has 0 radical (unpaired) electrons. The molecule has 0 unspecified atom stereocenters. The van der Waals surface area contributed by atoms with Crippen molar-refractivity contribution in [2.45, 2.75) is 25.7 Å². The van der Waals surface area contributed by atoms with Gasteiger partial charge in [-0.05, 0) is 48.9 Å². The van der Waals surface area contributed by atoms with Crippen LogP contribution in [-0.2, 0) is 12.8 Å². The van der Waals surface area contributed by atoms with Gasteiger partial charge in [-0.3, -0.25) is 14.9 Å². The maximum Gasteiger partial charge on any atom is 0.269 e. The molecule has 1 aliphatic carbocycles. The van der Waals surface area contributed by atoms with Gasteiger partial charge in [0.15, 0.2) is 5.96 Å². The smallest absolute Gasteiger partial charge is 0.269 e. The van der Waals surface area contributed by atoms with Gasteiger partial charge in [-0.25, -0.2) is 0 Å². The predicted molar refractivity (Wildman–Crippen MR) is 110 cm³/mol. The van der Waals surface area contributed by atoms with Crippen LogP contribution in [0.5, 0.6) is 0 Å². The Hall–Kier alpha value is -2.10. The molecule has 0 atom stereocenters. The summed E-state index contributed by atoms with van der Waals surface area (Å²) in [6, 6.07) is 7.88. The highest BCUT2D eigenvalue weighted by Gasteiger charge is 2.13. The zero-order valence-corrected chi connectivity index (χ0v) is 16.2. The Morgan fingerprint density at radius 3 is 2.92 bits per heavy atom. The van der Waals surface area contributed by atoms with E-state index in [2.05, 4.69) is 31.9 Å². The number of anilines is 1. The molecule has 1 aromatic heterocycles. The van der Waals surface area contributed by atoms with Crippen LogP contribution in [-0.4, -0.2) is 35.2 Å². The number of amides is 1. The maximum absolute atomic E-state index is 11.7. The van der Waals surface area contributed by atoms with Crippen molar-refractivity contribution >= 4 is 41.5 Å². The molecule has 7 nitrogen and oxygen atoms in total. The zero-order valence-electron chi connectivity index (χ0n) is 13.9. The highest BCUT2D eigenvalue weighted by atomic mass is 127. The van der Waals surface area contributed by atoms with Crippen molar-refractivity contribution in [1.29, 1.82) is 0 Å². The van der Waals surface area contributed by atoms with Crippen molar-refractivity contribution in [2.24, 2.45) is 10.7 Å². The van der Waals surface area contributed by atoms with Gasteiger partial charge in [0, 0.05) is 18.4 Å². The highest BCUT2D eigenvalue weighted by Crippen LogP contribution is 2.27. The van der Waals surface area contributed by atoms with Gasteiger partial charge in [-0.15, -0.1) is 24.0 Å². The zero-order chi connectivity index (χ0) is 16.8. The summed E-state index contributed by atoms with van der Waals surface area (Å²) < 4.78 is 0. The molecule has 0 fully saturated rings. The number of carbonyl (C=O) groups excluding carboxylic acids is 1. The number of aromatic amines is 1. The Bertz CT molecular complexity index is 729. The molecule has 3 rings (SSSR count). The van der Waals surface area contributed by atoms with E-state index in [9.17, 15) is 4.79 Å². The summed E-state index contributed by atoms with van der Waals surface area (Å²) in [5.41, 5.74) is 10.2. The first kappa shape index (κ1) is 19.2. The van der Waals surface area contributed by atoms with E-state index in [4.69, 9.17) is 5.73 Å². The molecule has 1 amide bonds. The highest BCUT2D eigenvalue weighted by molar-refractivity contribution is 14.0. The average molecular weight is 454 g/mol. The van der Waals surface area contributed by atoms with Crippen molar-refractivity contribution in [3.05, 3.63) is 47.3 Å². The van der Waals surface area contributed by atoms with Crippen LogP contribution in [0.2, 0.25) is 0 Å². The van der Waals surface area contributed by atoms with Crippen LogP contribution in [0.4, 0.5) is 5.69 Å². The number of aromatic nitrogens is 2. The fourth-order valence-corrected chi connectivity index (χ4v) is 2.90. The first-order chi connectivity index (χ1) is 11.7. The number of aryl methyl sites for hydroxylation is 1. The topological polar surface area (TPSA) is 108 Å². The summed E-state index contributed by atoms with van der Waals surface area (Å²) >= 11 is 0. The SMILES string of the molecule is I.NC(=NCCNC(=O)c1ccn[nH]1)Nc1cccc2c1CCCC2. The molecule has 1 heterocycles. The normalized spacial score (nSPS) is 13.5. The minimum Gasteiger partial charge on any atom is -0.370 e. The van der Waals surface area contributed by atoms with E-state index >= 15 is 0 Å². The number of nitrogens with two attached hydrogens (primary N) is 1. The van der Waals surface area contributed by atoms with Crippen LogP contribution in [0.3, 0.4) is 0 Å². The average Bonchev–Trinajstić information content (AvgIpc) is 3.14. The van der Waals surface area contributed by atoms with Crippen LogP contribution in [0.1, 0.15) is 34.5 Å². The maximum atomic E-state index is 11.7. The molecule has 0 saturated carbocycles. The van der Waals surface area contributed by atoms with Crippen LogP contribution in [0.25, 0.3) is 0 Å². The van der Waals surface area contributed by atoms with Crippen LogP contribution < -0.4 is 16.4 Å². The second-order valence-corrected chi connectivity index (χ2v) is 5.77. The summed E-state index contributed by atoms with van der Waals surface area (Å²) in [5, 5.41) is 12.3. The predicted octanol–water partition coefficient (Wildman–Crippen LogP) is 2.06. The standard InChI is InChI=1S/C17H22N6O.HI/c18-17(20-11-10-19-16(24)15-8-9-21-23-15)22-14-7-3-5-12-4-1-2-6-13(12)14;/h3,5,7-9H,1-2,4,6,10-11H2,(H,19,24)(H,21,23)(H3,18,20,22);1H. The van der Waals surface area contributed by atoms with Crippen LogP contribution >= 0.6 is 24.0 Å². The Morgan fingerprint density at radius 1 is 1.28 bits per heavy atom. The molecule has 1 aliphatic rings. The molecule has 25 heavy (non-hydrogen) atoms. The first-order valence-electron chi connectivity index (χ1n) is 8.19. The summed E-state index contributed by atoms with van der Waals surface area (Å²) in [4.78, 5) is 16.0. The molecule has 0 aliphatic heterocycles. The molecular weight excluding hydrogens is 431 g/mol. The van der Waals surface area contributed by atoms with Gasteiger partial charge < -0.3 is 16.4 Å². The van der Waals surface area contributed by atoms with E-state index in [1.54, 1.807) is 6.07 Å². The number of halogens is 1. The number of fused-ring (bicyclic) bond motifs is 1. The fraction of sp³-hybridized carbons (Fsp3) is 0.353. The van der Waals surface area contributed by atoms with E-state index in [0.717, 1.165) is 18.5 Å². The van der Waals surface area contributed by atoms with E-state index in [1.807, 2.05) is 12.1 Å². The van der Waals surface area contributed by atoms with E-state index < -0.39 is 0 Å². The monoisotopic (exact) mass is 454 g/mol. The summed E-state index contributed by atoms with van der Waals surface area (Å²) in [5.74, 6) is 0.163. The Kier molecular flexibility index (Phi) is 7.23. The summed E-state index contributed by atoms with van der Waals surface area (Å²) in [6.07, 6.45) is 6.20. The molecule has 1 aromatic carbocycles. The van der Waals surface area contributed by atoms with Crippen molar-refractivity contribution in [3.63, 3.8) is 0 Å². The minimum atomic E-state index is -0.202. The van der Waals surface area contributed by atoms with E-state index in [0.29, 0.717) is 24.7 Å². The fourth-order valence-electron chi connectivity index (χ4n) is 2.90. The molecule has 0 bridgehead atoms. The molecule has 5 N–H and O–H groups in total. The van der Waals surface area contributed by atoms with E-state index in [-0.39, 0.29) is 29.9 Å². The number of guanidine groups is 1. The minimum absolute atomic E-state index is 0. The van der Waals surface area contributed by atoms with Crippen LogP contribution in [0, 0.1) is 0 Å². The third-order valence-electron chi connectivity index (χ3n) is 4.08. The number of hydrogen-bond acceptors (Lipinski definition) is 3. The van der Waals surface area contributed by atoms with Crippen molar-refractivity contribution in [1.82, 2.24) is 15.5 Å². The largest absolute Gasteiger partial charge is 0.370 e. The number of hydrogen-bond donors (Lipinski definition) is 4. The first-order valence-corrected chi connectivity index (χ1v) is 8.19. The lowest BCUT2D eigenvalue weighted by Gasteiger charge is -2.19. The lowest BCUT2D eigenvalue weighted by atomic mass is 9.90. The number of carbonyl (C=O) groups is 1. The van der Waals surface area contributed by atoms with Gasteiger partial charge >= 0.3 is 0 Å². The lowest BCUT2D eigenvalue weighted by Crippen LogP contribution is -2.29. The molecular formula is C17H23IN6O. The molecule has 0 spiro atoms. The molecule has 8 heteroatoms. The van der Waals surface area contributed by atoms with Crippen LogP contribution in [0.15, 0.2) is 35.5 Å². The summed E-state index contributed by atoms with van der Waals surface area (Å²) in [7, 11) is 0. The van der Waals surface area contributed by atoms with Crippen molar-refractivity contribution < 1.29 is 4.79 Å². The number of aliphatic imine (C=N–C) groups is 1. The third-order valence-corrected chi connectivity index (χ3v) is 4.08. The number of rotatable bonds is 5. The van der Waals surface area contributed by atoms with Gasteiger partial charge in [0.05, 0.1) is 6.54 Å². The van der Waals surface area contributed by atoms with Crippen molar-refractivity contribution in [2.75, 3.05) is 18.4 Å². The number of nitrogens with one attached hydrogen (secondary N) is 3. The molecule has 0 saturated heterocycles. The van der Waals surface area contributed by atoms with Gasteiger partial charge in [0.25, 0.3) is 5.91 Å². The number of H-pyrrole nitrogens is 1. The van der Waals surface area contributed by atoms with Crippen molar-refractivity contribution in [3.8, 4) is 0 Å². The number of benzene rings is 1. The van der Waals surface area contributed by atoms with Gasteiger partial charge in [0.2, 0.25) is 0 Å². The third kappa shape index (κ3) is 5.18. The Morgan fingerprint density at radius 2 is 2.12 bits per heavy atom. The Balaban J connectivity index is 0.00000225. The second-order valence-electron chi connectivity index (χ2n) is 5.77. The summed E-state index contributed by atoms with van der Waals surface area (Å²) in [6.45, 7) is 0.820. The van der Waals surface area contributed by atoms with Gasteiger partial charge in [-0.2, -0.15) is 5.10 Å². The molecule has 134 valence electrons. The van der Waals surface area contributed by atoms with Gasteiger partial charge in [0.1, 0.15) is 5.69 Å². The second kappa shape index (κ2) is 9.40. The molecule has 2 aromatic rings. The quantitative estimate of drug-likeness (QED) is 0.240. The Labute approximate surface area is 163 Å². The van der Waals surface area contributed by atoms with E-state index in [1.165, 1.54) is 30.2 Å². The lowest BCUT2D eigenvalue weighted by molar-refractivity contribution is 0.0950. The van der Waals surface area contributed by atoms with Gasteiger partial charge in [-0.1, -0.05) is 12.1 Å². The number of nitrogens with zero attached hydrogens (tertiary/aromatic N) is 2.